The first kappa shape index (κ1) is 16.2. The van der Waals surface area contributed by atoms with Gasteiger partial charge in [-0.05, 0) is 24.8 Å². The monoisotopic (exact) mass is 334 g/mol. The maximum absolute atomic E-state index is 12.5. The molecule has 0 spiro atoms. The van der Waals surface area contributed by atoms with E-state index in [-0.39, 0.29) is 18.5 Å². The topological polar surface area (TPSA) is 69.6 Å². The maximum Gasteiger partial charge on any atom is 0.317 e. The fraction of sp³-hybridized carbons (Fsp3) is 0.529. The number of carboxylic acids is 1. The van der Waals surface area contributed by atoms with Crippen LogP contribution in [0, 0.1) is 0 Å². The van der Waals surface area contributed by atoms with Crippen LogP contribution in [0.15, 0.2) is 30.3 Å². The second kappa shape index (κ2) is 7.25. The van der Waals surface area contributed by atoms with Crippen molar-refractivity contribution >= 4 is 23.8 Å². The molecule has 124 valence electrons. The molecule has 0 aliphatic carbocycles. The number of hydrogen-bond donors (Lipinski definition) is 2. The summed E-state index contributed by atoms with van der Waals surface area (Å²) in [6.45, 7) is 0.818. The van der Waals surface area contributed by atoms with Crippen LogP contribution < -0.4 is 5.32 Å². The number of carboxylic acid groups (broad SMARTS) is 1. The Morgan fingerprint density at radius 3 is 2.74 bits per heavy atom. The summed E-state index contributed by atoms with van der Waals surface area (Å²) in [5.74, 6) is 0.199. The van der Waals surface area contributed by atoms with E-state index in [1.807, 2.05) is 47.0 Å². The van der Waals surface area contributed by atoms with Crippen LogP contribution in [-0.2, 0) is 11.2 Å². The molecule has 0 aromatic heterocycles. The number of aliphatic carboxylic acids is 1. The average molecular weight is 334 g/mol. The first-order valence-corrected chi connectivity index (χ1v) is 9.11. The molecule has 3 atom stereocenters. The van der Waals surface area contributed by atoms with Gasteiger partial charge in [-0.15, -0.1) is 0 Å². The highest BCUT2D eigenvalue weighted by molar-refractivity contribution is 8.00. The number of fused-ring (bicyclic) bond motifs is 2. The molecule has 2 N–H and O–H groups in total. The molecule has 2 aliphatic rings. The Hall–Kier alpha value is -1.69. The summed E-state index contributed by atoms with van der Waals surface area (Å²) in [6, 6.07) is 10.1. The highest BCUT2D eigenvalue weighted by Gasteiger charge is 2.41. The van der Waals surface area contributed by atoms with E-state index in [0.29, 0.717) is 24.1 Å². The lowest BCUT2D eigenvalue weighted by atomic mass is 10.0. The van der Waals surface area contributed by atoms with Crippen molar-refractivity contribution in [3.05, 3.63) is 35.9 Å². The second-order valence-corrected chi connectivity index (χ2v) is 7.60. The van der Waals surface area contributed by atoms with Gasteiger partial charge in [0.1, 0.15) is 0 Å². The number of hydrogen-bond acceptors (Lipinski definition) is 3. The number of carbonyl (C=O) groups is 2. The summed E-state index contributed by atoms with van der Waals surface area (Å²) in [5.41, 5.74) is 1.11. The molecule has 2 heterocycles. The SMILES string of the molecule is O=C(O)CCC(Cc1ccccc1)NC(=O)N1C[C@@H]2C[C@H]1CS2. The number of likely N-dealkylation sites (tertiary alicyclic amines) is 1. The Kier molecular flexibility index (Phi) is 5.10. The molecular formula is C17H22N2O3S. The third kappa shape index (κ3) is 4.19. The van der Waals surface area contributed by atoms with Crippen LogP contribution in [0.3, 0.4) is 0 Å². The fourth-order valence-corrected chi connectivity index (χ4v) is 4.76. The van der Waals surface area contributed by atoms with Crippen LogP contribution in [0.4, 0.5) is 4.79 Å². The Bertz CT molecular complexity index is 566. The van der Waals surface area contributed by atoms with Gasteiger partial charge in [0.25, 0.3) is 0 Å². The summed E-state index contributed by atoms with van der Waals surface area (Å²) < 4.78 is 0. The average Bonchev–Trinajstić information content (AvgIpc) is 3.16. The normalized spacial score (nSPS) is 23.7. The molecule has 0 saturated carbocycles. The molecule has 2 aliphatic heterocycles. The first-order valence-electron chi connectivity index (χ1n) is 8.06. The molecule has 0 radical (unpaired) electrons. The van der Waals surface area contributed by atoms with Crippen LogP contribution in [0.2, 0.25) is 0 Å². The van der Waals surface area contributed by atoms with Crippen molar-refractivity contribution in [3.8, 4) is 0 Å². The van der Waals surface area contributed by atoms with Crippen molar-refractivity contribution in [2.24, 2.45) is 0 Å². The zero-order chi connectivity index (χ0) is 16.2. The number of nitrogens with zero attached hydrogens (tertiary/aromatic N) is 1. The van der Waals surface area contributed by atoms with Gasteiger partial charge in [-0.1, -0.05) is 30.3 Å². The quantitative estimate of drug-likeness (QED) is 0.838. The molecular weight excluding hydrogens is 312 g/mol. The minimum atomic E-state index is -0.825. The van der Waals surface area contributed by atoms with Crippen molar-refractivity contribution in [2.45, 2.75) is 43.0 Å². The molecule has 2 saturated heterocycles. The van der Waals surface area contributed by atoms with Gasteiger partial charge in [-0.2, -0.15) is 11.8 Å². The van der Waals surface area contributed by atoms with Crippen LogP contribution in [0.1, 0.15) is 24.8 Å². The van der Waals surface area contributed by atoms with Gasteiger partial charge >= 0.3 is 12.0 Å². The van der Waals surface area contributed by atoms with E-state index in [0.717, 1.165) is 24.3 Å². The van der Waals surface area contributed by atoms with Crippen molar-refractivity contribution in [2.75, 3.05) is 12.3 Å². The largest absolute Gasteiger partial charge is 0.481 e. The van der Waals surface area contributed by atoms with E-state index in [2.05, 4.69) is 5.32 Å². The Morgan fingerprint density at radius 2 is 2.13 bits per heavy atom. The number of benzene rings is 1. The third-order valence-electron chi connectivity index (χ3n) is 4.52. The molecule has 2 bridgehead atoms. The van der Waals surface area contributed by atoms with Crippen molar-refractivity contribution < 1.29 is 14.7 Å². The molecule has 2 fully saturated rings. The van der Waals surface area contributed by atoms with Crippen molar-refractivity contribution in [1.82, 2.24) is 10.2 Å². The molecule has 1 unspecified atom stereocenters. The summed E-state index contributed by atoms with van der Waals surface area (Å²) in [7, 11) is 0. The van der Waals surface area contributed by atoms with Crippen LogP contribution in [0.25, 0.3) is 0 Å². The van der Waals surface area contributed by atoms with Crippen LogP contribution >= 0.6 is 11.8 Å². The van der Waals surface area contributed by atoms with Gasteiger partial charge in [0.15, 0.2) is 0 Å². The van der Waals surface area contributed by atoms with E-state index in [1.165, 1.54) is 0 Å². The number of carbonyl (C=O) groups excluding carboxylic acids is 1. The van der Waals surface area contributed by atoms with Gasteiger partial charge in [0.2, 0.25) is 0 Å². The van der Waals surface area contributed by atoms with E-state index < -0.39 is 5.97 Å². The Morgan fingerprint density at radius 1 is 1.35 bits per heavy atom. The Labute approximate surface area is 140 Å². The number of rotatable bonds is 6. The zero-order valence-corrected chi connectivity index (χ0v) is 13.8. The Balaban J connectivity index is 1.60. The number of amides is 2. The van der Waals surface area contributed by atoms with Crippen LogP contribution in [0.5, 0.6) is 0 Å². The number of nitrogens with one attached hydrogen (secondary N) is 1. The van der Waals surface area contributed by atoms with Gasteiger partial charge in [-0.3, -0.25) is 4.79 Å². The molecule has 23 heavy (non-hydrogen) atoms. The number of urea groups is 1. The van der Waals surface area contributed by atoms with Gasteiger partial charge in [0.05, 0.1) is 0 Å². The van der Waals surface area contributed by atoms with Gasteiger partial charge in [-0.25, -0.2) is 4.79 Å². The predicted octanol–water partition coefficient (Wildman–Crippen LogP) is 2.36. The lowest BCUT2D eigenvalue weighted by molar-refractivity contribution is -0.137. The molecule has 1 aromatic rings. The first-order chi connectivity index (χ1) is 11.1. The molecule has 1 aromatic carbocycles. The van der Waals surface area contributed by atoms with E-state index in [9.17, 15) is 9.59 Å². The highest BCUT2D eigenvalue weighted by Crippen LogP contribution is 2.37. The minimum absolute atomic E-state index is 0.0379. The molecule has 6 heteroatoms. The number of thioether (sulfide) groups is 1. The van der Waals surface area contributed by atoms with Gasteiger partial charge in [0, 0.05) is 36.1 Å². The van der Waals surface area contributed by atoms with E-state index >= 15 is 0 Å². The predicted molar refractivity (Wildman–Crippen MR) is 90.7 cm³/mol. The van der Waals surface area contributed by atoms with Crippen LogP contribution in [-0.4, -0.2) is 51.6 Å². The highest BCUT2D eigenvalue weighted by atomic mass is 32.2. The summed E-state index contributed by atoms with van der Waals surface area (Å²) >= 11 is 1.95. The second-order valence-electron chi connectivity index (χ2n) is 6.27. The molecule has 5 nitrogen and oxygen atoms in total. The third-order valence-corrected chi connectivity index (χ3v) is 5.91. The minimum Gasteiger partial charge on any atom is -0.481 e. The lowest BCUT2D eigenvalue weighted by Crippen LogP contribution is -2.49. The summed E-state index contributed by atoms with van der Waals surface area (Å²) in [5, 5.41) is 12.6. The molecule has 2 amide bonds. The van der Waals surface area contributed by atoms with E-state index in [1.54, 1.807) is 0 Å². The fourth-order valence-electron chi connectivity index (χ4n) is 3.33. The summed E-state index contributed by atoms with van der Waals surface area (Å²) in [4.78, 5) is 25.3. The standard InChI is InChI=1S/C17H22N2O3S/c20-16(21)7-6-13(8-12-4-2-1-3-5-12)18-17(22)19-10-15-9-14(19)11-23-15/h1-5,13-15H,6-11H2,(H,18,22)(H,20,21)/t13?,14-,15-/m0/s1. The van der Waals surface area contributed by atoms with E-state index in [4.69, 9.17) is 5.11 Å². The van der Waals surface area contributed by atoms with Crippen molar-refractivity contribution in [3.63, 3.8) is 0 Å². The van der Waals surface area contributed by atoms with Gasteiger partial charge < -0.3 is 15.3 Å². The molecule has 3 rings (SSSR count). The van der Waals surface area contributed by atoms with Crippen molar-refractivity contribution in [1.29, 1.82) is 0 Å². The maximum atomic E-state index is 12.5. The zero-order valence-electron chi connectivity index (χ0n) is 13.0. The smallest absolute Gasteiger partial charge is 0.317 e. The summed E-state index contributed by atoms with van der Waals surface area (Å²) in [6.07, 6.45) is 2.28. The lowest BCUT2D eigenvalue weighted by Gasteiger charge is -2.29.